The number of sulfone groups is 1. The number of carbonyl (C=O) groups excluding carboxylic acids is 1. The predicted octanol–water partition coefficient (Wildman–Crippen LogP) is 3.06. The van der Waals surface area contributed by atoms with Gasteiger partial charge in [-0.05, 0) is 12.1 Å². The first-order chi connectivity index (χ1) is 12.9. The van der Waals surface area contributed by atoms with E-state index < -0.39 is 21.4 Å². The zero-order valence-electron chi connectivity index (χ0n) is 14.6. The first-order valence-electron chi connectivity index (χ1n) is 8.34. The second-order valence-corrected chi connectivity index (χ2v) is 8.04. The van der Waals surface area contributed by atoms with Crippen LogP contribution in [-0.2, 0) is 26.9 Å². The Hall–Kier alpha value is -2.93. The molecule has 1 heterocycles. The number of carbonyl (C=O) groups is 1. The largest absolute Gasteiger partial charge is 0.351 e. The monoisotopic (exact) mass is 386 g/mol. The van der Waals surface area contributed by atoms with E-state index in [0.717, 1.165) is 0 Å². The minimum absolute atomic E-state index is 0.0242. The molecule has 0 saturated heterocycles. The average Bonchev–Trinajstić information content (AvgIpc) is 3.01. The number of rotatable bonds is 7. The van der Waals surface area contributed by atoms with E-state index in [2.05, 4.69) is 11.9 Å². The van der Waals surface area contributed by atoms with E-state index in [9.17, 15) is 17.6 Å². The Balaban J connectivity index is 2.00. The lowest BCUT2D eigenvalue weighted by atomic mass is 10.2. The molecular formula is C20H19FN2O3S. The van der Waals surface area contributed by atoms with E-state index in [0.29, 0.717) is 17.4 Å². The fourth-order valence-corrected chi connectivity index (χ4v) is 4.48. The highest BCUT2D eigenvalue weighted by Crippen LogP contribution is 2.28. The summed E-state index contributed by atoms with van der Waals surface area (Å²) in [4.78, 5) is 12.1. The van der Waals surface area contributed by atoms with Crippen LogP contribution in [0.5, 0.6) is 0 Å². The highest BCUT2D eigenvalue weighted by Gasteiger charge is 2.23. The van der Waals surface area contributed by atoms with Crippen molar-refractivity contribution in [3.05, 3.63) is 78.8 Å². The van der Waals surface area contributed by atoms with Gasteiger partial charge in [0, 0.05) is 29.2 Å². The summed E-state index contributed by atoms with van der Waals surface area (Å²) >= 11 is 0. The molecule has 0 unspecified atom stereocenters. The molecule has 2 aromatic carbocycles. The van der Waals surface area contributed by atoms with Gasteiger partial charge in [0.05, 0.1) is 10.6 Å². The Kier molecular flexibility index (Phi) is 5.41. The molecule has 27 heavy (non-hydrogen) atoms. The van der Waals surface area contributed by atoms with Crippen LogP contribution >= 0.6 is 0 Å². The lowest BCUT2D eigenvalue weighted by molar-refractivity contribution is -0.121. The minimum atomic E-state index is -3.80. The normalized spacial score (nSPS) is 11.4. The Labute approximate surface area is 157 Å². The lowest BCUT2D eigenvalue weighted by Gasteiger charge is -2.05. The van der Waals surface area contributed by atoms with E-state index >= 15 is 0 Å². The first-order valence-corrected chi connectivity index (χ1v) is 9.99. The van der Waals surface area contributed by atoms with Gasteiger partial charge in [-0.1, -0.05) is 42.5 Å². The van der Waals surface area contributed by atoms with Crippen molar-refractivity contribution in [2.75, 3.05) is 6.54 Å². The van der Waals surface area contributed by atoms with E-state index in [1.54, 1.807) is 41.0 Å². The Morgan fingerprint density at radius 2 is 1.85 bits per heavy atom. The molecule has 0 saturated carbocycles. The van der Waals surface area contributed by atoms with Crippen molar-refractivity contribution in [3.8, 4) is 0 Å². The molecule has 5 nitrogen and oxygen atoms in total. The van der Waals surface area contributed by atoms with Crippen molar-refractivity contribution in [2.24, 2.45) is 0 Å². The Bertz CT molecular complexity index is 1100. The number of amides is 1. The second kappa shape index (κ2) is 7.75. The molecule has 0 radical (unpaired) electrons. The van der Waals surface area contributed by atoms with Gasteiger partial charge in [-0.3, -0.25) is 4.79 Å². The van der Waals surface area contributed by atoms with Gasteiger partial charge in [0.15, 0.2) is 9.84 Å². The highest BCUT2D eigenvalue weighted by atomic mass is 32.2. The Morgan fingerprint density at radius 1 is 1.15 bits per heavy atom. The summed E-state index contributed by atoms with van der Waals surface area (Å²) in [6.07, 6.45) is 3.00. The van der Waals surface area contributed by atoms with Gasteiger partial charge in [0.1, 0.15) is 12.4 Å². The second-order valence-electron chi connectivity index (χ2n) is 6.08. The van der Waals surface area contributed by atoms with E-state index in [-0.39, 0.29) is 22.9 Å². The standard InChI is InChI=1S/C20H19FN2O3S/c1-2-11-22-20(24)13-23-12-19(16-8-4-6-10-18(16)23)27(25,26)14-15-7-3-5-9-17(15)21/h2-10,12H,1,11,13-14H2,(H,22,24). The van der Waals surface area contributed by atoms with Gasteiger partial charge >= 0.3 is 0 Å². The lowest BCUT2D eigenvalue weighted by Crippen LogP contribution is -2.27. The Morgan fingerprint density at radius 3 is 2.59 bits per heavy atom. The average molecular weight is 386 g/mol. The fourth-order valence-electron chi connectivity index (χ4n) is 2.89. The van der Waals surface area contributed by atoms with Crippen molar-refractivity contribution in [3.63, 3.8) is 0 Å². The number of fused-ring (bicyclic) bond motifs is 1. The third kappa shape index (κ3) is 4.09. The van der Waals surface area contributed by atoms with Gasteiger partial charge < -0.3 is 9.88 Å². The molecular weight excluding hydrogens is 367 g/mol. The predicted molar refractivity (Wildman–Crippen MR) is 102 cm³/mol. The molecule has 0 atom stereocenters. The number of nitrogens with zero attached hydrogens (tertiary/aromatic N) is 1. The third-order valence-electron chi connectivity index (χ3n) is 4.15. The maximum absolute atomic E-state index is 13.9. The summed E-state index contributed by atoms with van der Waals surface area (Å²) in [6.45, 7) is 3.85. The van der Waals surface area contributed by atoms with Crippen LogP contribution < -0.4 is 5.32 Å². The van der Waals surface area contributed by atoms with Gasteiger partial charge in [-0.2, -0.15) is 0 Å². The van der Waals surface area contributed by atoms with Crippen molar-refractivity contribution in [2.45, 2.75) is 17.2 Å². The summed E-state index contributed by atoms with van der Waals surface area (Å²) in [5.41, 5.74) is 0.733. The van der Waals surface area contributed by atoms with Crippen molar-refractivity contribution >= 4 is 26.6 Å². The molecule has 3 aromatic rings. The summed E-state index contributed by atoms with van der Waals surface area (Å²) < 4.78 is 41.4. The minimum Gasteiger partial charge on any atom is -0.351 e. The van der Waals surface area contributed by atoms with Crippen molar-refractivity contribution in [1.82, 2.24) is 9.88 Å². The molecule has 1 aromatic heterocycles. The van der Waals surface area contributed by atoms with Gasteiger partial charge in [-0.25, -0.2) is 12.8 Å². The maximum atomic E-state index is 13.9. The number of halogens is 1. The van der Waals surface area contributed by atoms with E-state index in [1.165, 1.54) is 24.4 Å². The van der Waals surface area contributed by atoms with Crippen LogP contribution in [-0.4, -0.2) is 25.4 Å². The van der Waals surface area contributed by atoms with Gasteiger partial charge in [0.2, 0.25) is 5.91 Å². The number of benzene rings is 2. The molecule has 0 aliphatic rings. The molecule has 0 bridgehead atoms. The van der Waals surface area contributed by atoms with E-state index in [4.69, 9.17) is 0 Å². The van der Waals surface area contributed by atoms with Crippen LogP contribution in [0.4, 0.5) is 4.39 Å². The number of aromatic nitrogens is 1. The fraction of sp³-hybridized carbons (Fsp3) is 0.150. The van der Waals surface area contributed by atoms with Crippen LogP contribution in [0.3, 0.4) is 0 Å². The summed E-state index contributed by atoms with van der Waals surface area (Å²) in [7, 11) is -3.80. The molecule has 0 fully saturated rings. The molecule has 3 rings (SSSR count). The number of hydrogen-bond acceptors (Lipinski definition) is 3. The SMILES string of the molecule is C=CCNC(=O)Cn1cc(S(=O)(=O)Cc2ccccc2F)c2ccccc21. The maximum Gasteiger partial charge on any atom is 0.240 e. The van der Waals surface area contributed by atoms with Crippen LogP contribution in [0.1, 0.15) is 5.56 Å². The molecule has 0 spiro atoms. The first kappa shape index (κ1) is 18.8. The van der Waals surface area contributed by atoms with E-state index in [1.807, 2.05) is 0 Å². The highest BCUT2D eigenvalue weighted by molar-refractivity contribution is 7.90. The zero-order valence-corrected chi connectivity index (χ0v) is 15.4. The summed E-state index contributed by atoms with van der Waals surface area (Å²) in [5.74, 6) is -1.27. The van der Waals surface area contributed by atoms with Crippen LogP contribution in [0.2, 0.25) is 0 Å². The topological polar surface area (TPSA) is 68.2 Å². The summed E-state index contributed by atoms with van der Waals surface area (Å²) in [5, 5.41) is 3.17. The molecule has 0 aliphatic heterocycles. The van der Waals surface area contributed by atoms with Crippen LogP contribution in [0.15, 0.2) is 72.3 Å². The molecule has 0 aliphatic carbocycles. The van der Waals surface area contributed by atoms with Gasteiger partial charge in [0.25, 0.3) is 0 Å². The molecule has 140 valence electrons. The van der Waals surface area contributed by atoms with Crippen molar-refractivity contribution in [1.29, 1.82) is 0 Å². The van der Waals surface area contributed by atoms with Crippen LogP contribution in [0, 0.1) is 5.82 Å². The summed E-state index contributed by atoms with van der Waals surface area (Å²) in [6, 6.07) is 12.7. The number of nitrogens with one attached hydrogen (secondary N) is 1. The number of para-hydroxylation sites is 1. The third-order valence-corrected chi connectivity index (χ3v) is 5.83. The van der Waals surface area contributed by atoms with Crippen molar-refractivity contribution < 1.29 is 17.6 Å². The zero-order chi connectivity index (χ0) is 19.4. The van der Waals surface area contributed by atoms with Gasteiger partial charge in [-0.15, -0.1) is 6.58 Å². The smallest absolute Gasteiger partial charge is 0.240 e. The molecule has 1 amide bonds. The quantitative estimate of drug-likeness (QED) is 0.635. The van der Waals surface area contributed by atoms with Crippen LogP contribution in [0.25, 0.3) is 10.9 Å². The number of hydrogen-bond donors (Lipinski definition) is 1. The molecule has 7 heteroatoms. The molecule has 1 N–H and O–H groups in total.